The zero-order chi connectivity index (χ0) is 18.1. The van der Waals surface area contributed by atoms with Crippen molar-refractivity contribution in [2.45, 2.75) is 11.5 Å². The van der Waals surface area contributed by atoms with E-state index in [4.69, 9.17) is 23.2 Å². The number of benzene rings is 2. The van der Waals surface area contributed by atoms with Gasteiger partial charge in [0.25, 0.3) is 0 Å². The summed E-state index contributed by atoms with van der Waals surface area (Å²) < 4.78 is 13.5. The first-order chi connectivity index (χ1) is 12.1. The Kier molecular flexibility index (Phi) is 8.96. The highest BCUT2D eigenvalue weighted by Gasteiger charge is 2.06. The topological polar surface area (TPSA) is 29.1 Å². The van der Waals surface area contributed by atoms with Gasteiger partial charge >= 0.3 is 0 Å². The highest BCUT2D eigenvalue weighted by atomic mass is 35.5. The second-order valence-corrected chi connectivity index (χ2v) is 8.09. The smallest absolute Gasteiger partial charge is 0.230 e. The largest absolute Gasteiger partial charge is 0.355 e. The molecular weight excluding hydrogens is 400 g/mol. The lowest BCUT2D eigenvalue weighted by molar-refractivity contribution is -0.118. The van der Waals surface area contributed by atoms with E-state index in [-0.39, 0.29) is 11.7 Å². The lowest BCUT2D eigenvalue weighted by Gasteiger charge is -2.08. The fourth-order valence-corrected chi connectivity index (χ4v) is 4.47. The molecular formula is C18H18Cl2FNOS2. The maximum Gasteiger partial charge on any atom is 0.230 e. The molecule has 0 saturated heterocycles. The van der Waals surface area contributed by atoms with E-state index >= 15 is 0 Å². The molecule has 0 bridgehead atoms. The van der Waals surface area contributed by atoms with Gasteiger partial charge < -0.3 is 5.32 Å². The average Bonchev–Trinajstić information content (AvgIpc) is 2.58. The van der Waals surface area contributed by atoms with Crippen LogP contribution in [-0.2, 0) is 16.3 Å². The molecule has 7 heteroatoms. The molecule has 2 aromatic rings. The molecule has 0 atom stereocenters. The zero-order valence-electron chi connectivity index (χ0n) is 13.4. The standard InChI is InChI=1S/C18H18Cl2FNOS2/c19-15-5-3-6-16(20)14(15)11-24-9-8-22-18(23)12-25-10-13-4-1-2-7-17(13)21/h1-7H,8-12H2,(H,22,23). The first kappa shape index (κ1) is 20.4. The van der Waals surface area contributed by atoms with E-state index in [1.165, 1.54) is 17.8 Å². The maximum absolute atomic E-state index is 13.5. The van der Waals surface area contributed by atoms with Crippen LogP contribution in [0.2, 0.25) is 10.0 Å². The summed E-state index contributed by atoms with van der Waals surface area (Å²) in [5.74, 6) is 2.00. The third-order valence-corrected chi connectivity index (χ3v) is 6.00. The first-order valence-electron chi connectivity index (χ1n) is 7.66. The fraction of sp³-hybridized carbons (Fsp3) is 0.278. The number of carbonyl (C=O) groups is 1. The average molecular weight is 418 g/mol. The summed E-state index contributed by atoms with van der Waals surface area (Å²) in [5.41, 5.74) is 1.54. The number of halogens is 3. The van der Waals surface area contributed by atoms with Gasteiger partial charge in [-0.05, 0) is 29.3 Å². The Morgan fingerprint density at radius 1 is 1.00 bits per heavy atom. The van der Waals surface area contributed by atoms with Gasteiger partial charge in [-0.25, -0.2) is 4.39 Å². The quantitative estimate of drug-likeness (QED) is 0.552. The van der Waals surface area contributed by atoms with E-state index in [0.717, 1.165) is 11.3 Å². The van der Waals surface area contributed by atoms with Crippen LogP contribution < -0.4 is 5.32 Å². The molecule has 1 N–H and O–H groups in total. The molecule has 1 amide bonds. The van der Waals surface area contributed by atoms with Crippen molar-refractivity contribution in [1.29, 1.82) is 0 Å². The molecule has 2 rings (SSSR count). The summed E-state index contributed by atoms with van der Waals surface area (Å²) in [6.07, 6.45) is 0. The molecule has 0 saturated carbocycles. The summed E-state index contributed by atoms with van der Waals surface area (Å²) in [4.78, 5) is 11.8. The number of carbonyl (C=O) groups excluding carboxylic acids is 1. The lowest BCUT2D eigenvalue weighted by Crippen LogP contribution is -2.27. The van der Waals surface area contributed by atoms with E-state index < -0.39 is 0 Å². The van der Waals surface area contributed by atoms with Crippen molar-refractivity contribution in [3.63, 3.8) is 0 Å². The van der Waals surface area contributed by atoms with Crippen LogP contribution in [0.1, 0.15) is 11.1 Å². The van der Waals surface area contributed by atoms with Gasteiger partial charge in [0.1, 0.15) is 5.82 Å². The molecule has 0 aliphatic carbocycles. The third-order valence-electron chi connectivity index (χ3n) is 3.33. The Balaban J connectivity index is 1.59. The summed E-state index contributed by atoms with van der Waals surface area (Å²) >= 11 is 15.3. The van der Waals surface area contributed by atoms with E-state index in [2.05, 4.69) is 5.32 Å². The van der Waals surface area contributed by atoms with Gasteiger partial charge in [0.2, 0.25) is 5.91 Å². The Labute approximate surface area is 165 Å². The third kappa shape index (κ3) is 7.10. The summed E-state index contributed by atoms with van der Waals surface area (Å²) in [5, 5.41) is 4.18. The van der Waals surface area contributed by atoms with Crippen LogP contribution in [0.4, 0.5) is 4.39 Å². The van der Waals surface area contributed by atoms with Crippen molar-refractivity contribution < 1.29 is 9.18 Å². The van der Waals surface area contributed by atoms with Crippen molar-refractivity contribution in [3.8, 4) is 0 Å². The van der Waals surface area contributed by atoms with E-state index in [9.17, 15) is 9.18 Å². The predicted molar refractivity (Wildman–Crippen MR) is 108 cm³/mol. The van der Waals surface area contributed by atoms with Crippen LogP contribution in [0.3, 0.4) is 0 Å². The monoisotopic (exact) mass is 417 g/mol. The van der Waals surface area contributed by atoms with Crippen LogP contribution in [0.5, 0.6) is 0 Å². The van der Waals surface area contributed by atoms with Crippen molar-refractivity contribution in [2.24, 2.45) is 0 Å². The van der Waals surface area contributed by atoms with Crippen LogP contribution in [-0.4, -0.2) is 24.0 Å². The highest BCUT2D eigenvalue weighted by molar-refractivity contribution is 7.99. The molecule has 0 fully saturated rings. The van der Waals surface area contributed by atoms with Gasteiger partial charge in [-0.1, -0.05) is 47.5 Å². The molecule has 2 nitrogen and oxygen atoms in total. The van der Waals surface area contributed by atoms with Crippen molar-refractivity contribution in [1.82, 2.24) is 5.32 Å². The molecule has 25 heavy (non-hydrogen) atoms. The molecule has 2 aromatic carbocycles. The Morgan fingerprint density at radius 3 is 2.44 bits per heavy atom. The van der Waals surface area contributed by atoms with Crippen LogP contribution in [0.25, 0.3) is 0 Å². The molecule has 0 aromatic heterocycles. The Morgan fingerprint density at radius 2 is 1.72 bits per heavy atom. The van der Waals surface area contributed by atoms with Gasteiger partial charge in [0.15, 0.2) is 0 Å². The summed E-state index contributed by atoms with van der Waals surface area (Å²) in [7, 11) is 0. The lowest BCUT2D eigenvalue weighted by atomic mass is 10.2. The molecule has 0 heterocycles. The van der Waals surface area contributed by atoms with Gasteiger partial charge in [-0.15, -0.1) is 11.8 Å². The first-order valence-corrected chi connectivity index (χ1v) is 10.7. The minimum absolute atomic E-state index is 0.0438. The Hall–Kier alpha value is -0.880. The normalized spacial score (nSPS) is 10.7. The van der Waals surface area contributed by atoms with Gasteiger partial charge in [-0.2, -0.15) is 11.8 Å². The highest BCUT2D eigenvalue weighted by Crippen LogP contribution is 2.27. The number of hydrogen-bond donors (Lipinski definition) is 1. The number of rotatable bonds is 9. The number of nitrogens with one attached hydrogen (secondary N) is 1. The molecule has 0 spiro atoms. The molecule has 0 unspecified atom stereocenters. The number of amides is 1. The molecule has 0 aliphatic heterocycles. The minimum Gasteiger partial charge on any atom is -0.355 e. The summed E-state index contributed by atoms with van der Waals surface area (Å²) in [6, 6.07) is 12.1. The van der Waals surface area contributed by atoms with E-state index in [1.807, 2.05) is 18.2 Å². The predicted octanol–water partition coefficient (Wildman–Crippen LogP) is 5.42. The van der Waals surface area contributed by atoms with Crippen molar-refractivity contribution in [2.75, 3.05) is 18.1 Å². The van der Waals surface area contributed by atoms with Crippen molar-refractivity contribution >= 4 is 52.6 Å². The van der Waals surface area contributed by atoms with Crippen LogP contribution >= 0.6 is 46.7 Å². The molecule has 134 valence electrons. The number of hydrogen-bond acceptors (Lipinski definition) is 3. The van der Waals surface area contributed by atoms with Crippen LogP contribution in [0, 0.1) is 5.82 Å². The number of thioether (sulfide) groups is 2. The zero-order valence-corrected chi connectivity index (χ0v) is 16.6. The fourth-order valence-electron chi connectivity index (χ4n) is 2.03. The second-order valence-electron chi connectivity index (χ2n) is 5.19. The Bertz CT molecular complexity index is 695. The van der Waals surface area contributed by atoms with E-state index in [1.54, 1.807) is 30.0 Å². The van der Waals surface area contributed by atoms with Gasteiger partial charge in [-0.3, -0.25) is 4.79 Å². The minimum atomic E-state index is -0.231. The van der Waals surface area contributed by atoms with E-state index in [0.29, 0.717) is 39.4 Å². The summed E-state index contributed by atoms with van der Waals surface area (Å²) in [6.45, 7) is 0.575. The second kappa shape index (κ2) is 11.0. The molecule has 0 aliphatic rings. The van der Waals surface area contributed by atoms with Crippen molar-refractivity contribution in [3.05, 3.63) is 69.5 Å². The SMILES string of the molecule is O=C(CSCc1ccccc1F)NCCSCc1c(Cl)cccc1Cl. The van der Waals surface area contributed by atoms with Gasteiger partial charge in [0.05, 0.1) is 5.75 Å². The van der Waals surface area contributed by atoms with Gasteiger partial charge in [0, 0.05) is 33.8 Å². The maximum atomic E-state index is 13.5. The van der Waals surface area contributed by atoms with Crippen LogP contribution in [0.15, 0.2) is 42.5 Å². The molecule has 0 radical (unpaired) electrons.